The minimum atomic E-state index is 0.682. The second-order valence-electron chi connectivity index (χ2n) is 4.54. The molecule has 2 rings (SSSR count). The van der Waals surface area contributed by atoms with Crippen LogP contribution >= 0.6 is 0 Å². The predicted molar refractivity (Wildman–Crippen MR) is 75.3 cm³/mol. The highest BCUT2D eigenvalue weighted by Gasteiger charge is 2.06. The van der Waals surface area contributed by atoms with Gasteiger partial charge in [0.25, 0.3) is 0 Å². The normalized spacial score (nSPS) is 10.8. The van der Waals surface area contributed by atoms with Crippen LogP contribution in [0.25, 0.3) is 11.1 Å². The Labute approximate surface area is 109 Å². The molecule has 0 bridgehead atoms. The average molecular weight is 243 g/mol. The molecule has 0 saturated heterocycles. The van der Waals surface area contributed by atoms with Gasteiger partial charge in [0.05, 0.1) is 6.20 Å². The van der Waals surface area contributed by atoms with Gasteiger partial charge in [-0.2, -0.15) is 5.10 Å². The predicted octanol–water partition coefficient (Wildman–Crippen LogP) is 2.85. The molecule has 1 aromatic carbocycles. The van der Waals surface area contributed by atoms with Gasteiger partial charge in [0.15, 0.2) is 0 Å². The summed E-state index contributed by atoms with van der Waals surface area (Å²) in [6.07, 6.45) is 7.36. The van der Waals surface area contributed by atoms with E-state index in [1.165, 1.54) is 29.5 Å². The fourth-order valence-corrected chi connectivity index (χ4v) is 2.12. The van der Waals surface area contributed by atoms with Crippen molar-refractivity contribution < 1.29 is 0 Å². The molecule has 2 aromatic rings. The summed E-state index contributed by atoms with van der Waals surface area (Å²) in [6, 6.07) is 8.42. The first-order valence-electron chi connectivity index (χ1n) is 6.66. The summed E-state index contributed by atoms with van der Waals surface area (Å²) < 4.78 is 2.03. The van der Waals surface area contributed by atoms with Crippen molar-refractivity contribution in [1.29, 1.82) is 0 Å². The Balaban J connectivity index is 2.22. The SMILES string of the molecule is CCCCn1cc(-c2ccccc2CCN)cn1. The van der Waals surface area contributed by atoms with Crippen LogP contribution in [0, 0.1) is 0 Å². The Kier molecular flexibility index (Phi) is 4.53. The van der Waals surface area contributed by atoms with Gasteiger partial charge in [-0.25, -0.2) is 0 Å². The third kappa shape index (κ3) is 2.99. The summed E-state index contributed by atoms with van der Waals surface area (Å²) in [6.45, 7) is 3.87. The number of hydrogen-bond donors (Lipinski definition) is 1. The molecular formula is C15H21N3. The Morgan fingerprint density at radius 1 is 1.28 bits per heavy atom. The molecule has 0 saturated carbocycles. The van der Waals surface area contributed by atoms with Crippen molar-refractivity contribution in [3.63, 3.8) is 0 Å². The molecule has 3 heteroatoms. The number of nitrogens with zero attached hydrogens (tertiary/aromatic N) is 2. The van der Waals surface area contributed by atoms with Gasteiger partial charge < -0.3 is 5.73 Å². The van der Waals surface area contributed by atoms with E-state index in [0.717, 1.165) is 13.0 Å². The van der Waals surface area contributed by atoms with E-state index in [9.17, 15) is 0 Å². The molecule has 0 spiro atoms. The molecule has 0 aliphatic heterocycles. The fourth-order valence-electron chi connectivity index (χ4n) is 2.12. The molecule has 18 heavy (non-hydrogen) atoms. The molecule has 0 fully saturated rings. The number of rotatable bonds is 6. The lowest BCUT2D eigenvalue weighted by Crippen LogP contribution is -2.03. The maximum Gasteiger partial charge on any atom is 0.0568 e. The van der Waals surface area contributed by atoms with Crippen molar-refractivity contribution in [3.8, 4) is 11.1 Å². The van der Waals surface area contributed by atoms with E-state index in [4.69, 9.17) is 5.73 Å². The Bertz CT molecular complexity index is 488. The van der Waals surface area contributed by atoms with Gasteiger partial charge in [-0.1, -0.05) is 37.6 Å². The lowest BCUT2D eigenvalue weighted by atomic mass is 10.0. The molecule has 96 valence electrons. The third-order valence-corrected chi connectivity index (χ3v) is 3.12. The Morgan fingerprint density at radius 2 is 2.11 bits per heavy atom. The first-order valence-corrected chi connectivity index (χ1v) is 6.66. The summed E-state index contributed by atoms with van der Waals surface area (Å²) in [4.78, 5) is 0. The van der Waals surface area contributed by atoms with Gasteiger partial charge >= 0.3 is 0 Å². The summed E-state index contributed by atoms with van der Waals surface area (Å²) in [7, 11) is 0. The van der Waals surface area contributed by atoms with Crippen molar-refractivity contribution in [1.82, 2.24) is 9.78 Å². The second-order valence-corrected chi connectivity index (χ2v) is 4.54. The minimum absolute atomic E-state index is 0.682. The van der Waals surface area contributed by atoms with Crippen LogP contribution in [0.1, 0.15) is 25.3 Å². The highest BCUT2D eigenvalue weighted by atomic mass is 15.3. The third-order valence-electron chi connectivity index (χ3n) is 3.12. The van der Waals surface area contributed by atoms with E-state index < -0.39 is 0 Å². The van der Waals surface area contributed by atoms with E-state index in [1.807, 2.05) is 10.9 Å². The van der Waals surface area contributed by atoms with Crippen LogP contribution in [0.4, 0.5) is 0 Å². The smallest absolute Gasteiger partial charge is 0.0568 e. The number of unbranched alkanes of at least 4 members (excludes halogenated alkanes) is 1. The Hall–Kier alpha value is -1.61. The van der Waals surface area contributed by atoms with Crippen LogP contribution in [0.3, 0.4) is 0 Å². The topological polar surface area (TPSA) is 43.8 Å². The van der Waals surface area contributed by atoms with E-state index in [2.05, 4.69) is 42.5 Å². The van der Waals surface area contributed by atoms with Crippen molar-refractivity contribution in [2.45, 2.75) is 32.7 Å². The lowest BCUT2D eigenvalue weighted by molar-refractivity contribution is 0.572. The summed E-state index contributed by atoms with van der Waals surface area (Å²) in [5.74, 6) is 0. The van der Waals surface area contributed by atoms with Gasteiger partial charge in [-0.15, -0.1) is 0 Å². The first kappa shape index (κ1) is 12.8. The van der Waals surface area contributed by atoms with Crippen molar-refractivity contribution in [2.75, 3.05) is 6.54 Å². The van der Waals surface area contributed by atoms with Crippen LogP contribution in [-0.4, -0.2) is 16.3 Å². The summed E-state index contributed by atoms with van der Waals surface area (Å²) >= 11 is 0. The highest BCUT2D eigenvalue weighted by Crippen LogP contribution is 2.23. The number of nitrogens with two attached hydrogens (primary N) is 1. The van der Waals surface area contributed by atoms with Gasteiger partial charge in [0.2, 0.25) is 0 Å². The minimum Gasteiger partial charge on any atom is -0.330 e. The van der Waals surface area contributed by atoms with Crippen molar-refractivity contribution in [3.05, 3.63) is 42.2 Å². The van der Waals surface area contributed by atoms with Gasteiger partial charge in [-0.3, -0.25) is 4.68 Å². The summed E-state index contributed by atoms with van der Waals surface area (Å²) in [5.41, 5.74) is 9.40. The highest BCUT2D eigenvalue weighted by molar-refractivity contribution is 5.65. The van der Waals surface area contributed by atoms with E-state index in [1.54, 1.807) is 0 Å². The molecule has 0 amide bonds. The lowest BCUT2D eigenvalue weighted by Gasteiger charge is -2.06. The molecule has 1 heterocycles. The molecule has 2 N–H and O–H groups in total. The molecule has 0 atom stereocenters. The zero-order chi connectivity index (χ0) is 12.8. The number of hydrogen-bond acceptors (Lipinski definition) is 2. The number of benzene rings is 1. The molecule has 0 aliphatic carbocycles. The average Bonchev–Trinajstić information content (AvgIpc) is 2.86. The number of aromatic nitrogens is 2. The van der Waals surface area contributed by atoms with E-state index >= 15 is 0 Å². The van der Waals surface area contributed by atoms with Crippen LogP contribution < -0.4 is 5.73 Å². The zero-order valence-corrected chi connectivity index (χ0v) is 11.0. The van der Waals surface area contributed by atoms with Gasteiger partial charge in [-0.05, 0) is 30.5 Å². The van der Waals surface area contributed by atoms with Crippen LogP contribution in [-0.2, 0) is 13.0 Å². The molecule has 3 nitrogen and oxygen atoms in total. The number of aryl methyl sites for hydroxylation is 1. The van der Waals surface area contributed by atoms with E-state index in [0.29, 0.717) is 6.54 Å². The maximum absolute atomic E-state index is 5.66. The van der Waals surface area contributed by atoms with Crippen LogP contribution in [0.5, 0.6) is 0 Å². The molecule has 0 unspecified atom stereocenters. The summed E-state index contributed by atoms with van der Waals surface area (Å²) in [5, 5.41) is 4.42. The molecule has 0 aliphatic rings. The Morgan fingerprint density at radius 3 is 2.89 bits per heavy atom. The monoisotopic (exact) mass is 243 g/mol. The van der Waals surface area contributed by atoms with Crippen LogP contribution in [0.15, 0.2) is 36.7 Å². The van der Waals surface area contributed by atoms with E-state index in [-0.39, 0.29) is 0 Å². The maximum atomic E-state index is 5.66. The van der Waals surface area contributed by atoms with Crippen molar-refractivity contribution in [2.24, 2.45) is 5.73 Å². The second kappa shape index (κ2) is 6.36. The zero-order valence-electron chi connectivity index (χ0n) is 11.0. The molecular weight excluding hydrogens is 222 g/mol. The van der Waals surface area contributed by atoms with Crippen molar-refractivity contribution >= 4 is 0 Å². The largest absolute Gasteiger partial charge is 0.330 e. The van der Waals surface area contributed by atoms with Gasteiger partial charge in [0.1, 0.15) is 0 Å². The quantitative estimate of drug-likeness (QED) is 0.847. The molecule has 1 aromatic heterocycles. The standard InChI is InChI=1S/C15H21N3/c1-2-3-10-18-12-14(11-17-18)15-7-5-4-6-13(15)8-9-16/h4-7,11-12H,2-3,8-10,16H2,1H3. The first-order chi connectivity index (χ1) is 8.85. The van der Waals surface area contributed by atoms with Crippen LogP contribution in [0.2, 0.25) is 0 Å². The fraction of sp³-hybridized carbons (Fsp3) is 0.400. The van der Waals surface area contributed by atoms with Gasteiger partial charge in [0, 0.05) is 18.3 Å². The molecule has 0 radical (unpaired) electrons.